The molecule has 2 aromatic carbocycles. The smallest absolute Gasteiger partial charge is 0.272 e. The highest BCUT2D eigenvalue weighted by Gasteiger charge is 2.36. The normalized spacial score (nSPS) is 14.4. The van der Waals surface area contributed by atoms with Crippen molar-refractivity contribution in [3.63, 3.8) is 0 Å². The number of aryl methyl sites for hydroxylation is 1. The van der Waals surface area contributed by atoms with Crippen LogP contribution in [0.3, 0.4) is 0 Å². The van der Waals surface area contributed by atoms with Crippen molar-refractivity contribution in [1.82, 2.24) is 15.1 Å². The summed E-state index contributed by atoms with van der Waals surface area (Å²) in [4.78, 5) is 13.1. The van der Waals surface area contributed by atoms with Crippen molar-refractivity contribution < 1.29 is 19.0 Å². The maximum Gasteiger partial charge on any atom is 0.272 e. The summed E-state index contributed by atoms with van der Waals surface area (Å²) in [5.41, 5.74) is 1.08. The molecule has 3 aromatic rings. The molecule has 2 N–H and O–H groups in total. The van der Waals surface area contributed by atoms with Gasteiger partial charge in [-0.3, -0.25) is 4.79 Å². The van der Waals surface area contributed by atoms with Gasteiger partial charge in [-0.25, -0.2) is 9.07 Å². The quantitative estimate of drug-likeness (QED) is 0.467. The Morgan fingerprint density at radius 2 is 1.85 bits per heavy atom. The number of amides is 1. The van der Waals surface area contributed by atoms with Crippen LogP contribution >= 0.6 is 0 Å². The second-order valence-corrected chi connectivity index (χ2v) is 9.92. The van der Waals surface area contributed by atoms with Crippen molar-refractivity contribution in [3.8, 4) is 11.6 Å². The van der Waals surface area contributed by atoms with Crippen molar-refractivity contribution in [2.45, 2.75) is 59.6 Å². The fourth-order valence-electron chi connectivity index (χ4n) is 3.34. The highest BCUT2D eigenvalue weighted by Crippen LogP contribution is 2.31. The van der Waals surface area contributed by atoms with Crippen LogP contribution in [0.15, 0.2) is 54.6 Å². The van der Waals surface area contributed by atoms with E-state index in [2.05, 4.69) is 10.4 Å². The monoisotopic (exact) mass is 467 g/mol. The summed E-state index contributed by atoms with van der Waals surface area (Å²) in [6.07, 6.45) is 0.706. The second kappa shape index (κ2) is 9.97. The van der Waals surface area contributed by atoms with Crippen LogP contribution in [0.1, 0.15) is 68.7 Å². The van der Waals surface area contributed by atoms with E-state index in [-0.39, 0.29) is 30.1 Å². The van der Waals surface area contributed by atoms with Crippen molar-refractivity contribution in [1.29, 1.82) is 0 Å². The van der Waals surface area contributed by atoms with Gasteiger partial charge in [-0.05, 0) is 49.4 Å². The minimum atomic E-state index is -1.15. The average molecular weight is 468 g/mol. The Balaban J connectivity index is 1.91. The van der Waals surface area contributed by atoms with Gasteiger partial charge in [0.05, 0.1) is 11.7 Å². The summed E-state index contributed by atoms with van der Waals surface area (Å²) in [7, 11) is 0. The molecule has 0 radical (unpaired) electrons. The lowest BCUT2D eigenvalue weighted by molar-refractivity contribution is -0.0737. The number of aliphatic hydroxyl groups is 1. The van der Waals surface area contributed by atoms with Gasteiger partial charge in [0, 0.05) is 6.07 Å². The summed E-state index contributed by atoms with van der Waals surface area (Å²) >= 11 is 0. The number of rotatable bonds is 8. The molecule has 182 valence electrons. The van der Waals surface area contributed by atoms with Crippen LogP contribution in [0.5, 0.6) is 5.88 Å². The van der Waals surface area contributed by atoms with Crippen LogP contribution < -0.4 is 10.1 Å². The SMILES string of the molecule is CC[C@H](NC(=O)c1cc(OC[C@](C)(O)C(C)(C)C)n(-c2cccc(F)c2)n1)c1cccc(C)c1. The Labute approximate surface area is 200 Å². The van der Waals surface area contributed by atoms with Gasteiger partial charge in [0.15, 0.2) is 5.69 Å². The van der Waals surface area contributed by atoms with Crippen molar-refractivity contribution >= 4 is 5.91 Å². The van der Waals surface area contributed by atoms with Gasteiger partial charge < -0.3 is 15.2 Å². The summed E-state index contributed by atoms with van der Waals surface area (Å²) in [6.45, 7) is 11.4. The second-order valence-electron chi connectivity index (χ2n) is 9.92. The Kier molecular flexibility index (Phi) is 7.46. The summed E-state index contributed by atoms with van der Waals surface area (Å²) in [6, 6.07) is 15.2. The molecule has 0 aliphatic rings. The number of halogens is 1. The summed E-state index contributed by atoms with van der Waals surface area (Å²) in [5.74, 6) is -0.558. The zero-order valence-electron chi connectivity index (χ0n) is 20.7. The number of nitrogens with zero attached hydrogens (tertiary/aromatic N) is 2. The Morgan fingerprint density at radius 1 is 1.15 bits per heavy atom. The van der Waals surface area contributed by atoms with Crippen molar-refractivity contribution in [2.75, 3.05) is 6.61 Å². The third kappa shape index (κ3) is 5.83. The largest absolute Gasteiger partial charge is 0.474 e. The average Bonchev–Trinajstić information content (AvgIpc) is 3.20. The van der Waals surface area contributed by atoms with E-state index in [0.717, 1.165) is 11.1 Å². The fourth-order valence-corrected chi connectivity index (χ4v) is 3.34. The minimum Gasteiger partial charge on any atom is -0.474 e. The zero-order valence-corrected chi connectivity index (χ0v) is 20.7. The van der Waals surface area contributed by atoms with Crippen LogP contribution in [0.25, 0.3) is 5.69 Å². The van der Waals surface area contributed by atoms with E-state index < -0.39 is 16.8 Å². The summed E-state index contributed by atoms with van der Waals surface area (Å²) < 4.78 is 21.2. The molecule has 0 saturated heterocycles. The molecule has 0 saturated carbocycles. The summed E-state index contributed by atoms with van der Waals surface area (Å²) in [5, 5.41) is 18.3. The zero-order chi connectivity index (χ0) is 25.1. The number of hydrogen-bond acceptors (Lipinski definition) is 4. The Bertz CT molecular complexity index is 1150. The number of aromatic nitrogens is 2. The lowest BCUT2D eigenvalue weighted by atomic mass is 9.78. The van der Waals surface area contributed by atoms with E-state index in [9.17, 15) is 14.3 Å². The van der Waals surface area contributed by atoms with Gasteiger partial charge in [-0.15, -0.1) is 0 Å². The molecule has 3 rings (SSSR count). The topological polar surface area (TPSA) is 76.4 Å². The van der Waals surface area contributed by atoms with Gasteiger partial charge in [0.2, 0.25) is 5.88 Å². The lowest BCUT2D eigenvalue weighted by Crippen LogP contribution is -2.45. The van der Waals surface area contributed by atoms with Gasteiger partial charge in [0.25, 0.3) is 5.91 Å². The highest BCUT2D eigenvalue weighted by molar-refractivity contribution is 5.93. The third-order valence-electron chi connectivity index (χ3n) is 6.24. The molecule has 0 unspecified atom stereocenters. The van der Waals surface area contributed by atoms with Crippen molar-refractivity contribution in [3.05, 3.63) is 77.2 Å². The Hall–Kier alpha value is -3.19. The Morgan fingerprint density at radius 3 is 2.47 bits per heavy atom. The molecule has 0 spiro atoms. The molecule has 0 fully saturated rings. The maximum atomic E-state index is 13.9. The molecule has 0 aliphatic carbocycles. The first-order chi connectivity index (χ1) is 15.9. The predicted octanol–water partition coefficient (Wildman–Crippen LogP) is 5.38. The fraction of sp³-hybridized carbons (Fsp3) is 0.407. The number of hydrogen-bond donors (Lipinski definition) is 2. The van der Waals surface area contributed by atoms with Gasteiger partial charge in [-0.1, -0.05) is 63.6 Å². The number of ether oxygens (including phenoxy) is 1. The number of nitrogens with one attached hydrogen (secondary N) is 1. The van der Waals surface area contributed by atoms with Crippen LogP contribution in [-0.4, -0.2) is 33.0 Å². The number of carbonyl (C=O) groups is 1. The molecule has 2 atom stereocenters. The molecule has 0 bridgehead atoms. The molecule has 0 aliphatic heterocycles. The highest BCUT2D eigenvalue weighted by atomic mass is 19.1. The molecule has 7 heteroatoms. The van der Waals surface area contributed by atoms with E-state index >= 15 is 0 Å². The predicted molar refractivity (Wildman–Crippen MR) is 131 cm³/mol. The molecule has 1 heterocycles. The van der Waals surface area contributed by atoms with Gasteiger partial charge in [-0.2, -0.15) is 5.10 Å². The van der Waals surface area contributed by atoms with E-state index in [1.807, 2.05) is 58.9 Å². The molecular weight excluding hydrogens is 433 g/mol. The van der Waals surface area contributed by atoms with Crippen LogP contribution in [0.4, 0.5) is 4.39 Å². The van der Waals surface area contributed by atoms with Crippen LogP contribution in [0.2, 0.25) is 0 Å². The first kappa shape index (κ1) is 25.4. The van der Waals surface area contributed by atoms with Gasteiger partial charge >= 0.3 is 0 Å². The third-order valence-corrected chi connectivity index (χ3v) is 6.24. The first-order valence-electron chi connectivity index (χ1n) is 11.5. The van der Waals surface area contributed by atoms with Crippen LogP contribution in [0, 0.1) is 18.2 Å². The maximum absolute atomic E-state index is 13.9. The molecule has 1 aromatic heterocycles. The van der Waals surface area contributed by atoms with E-state index in [0.29, 0.717) is 12.1 Å². The first-order valence-corrected chi connectivity index (χ1v) is 11.5. The van der Waals surface area contributed by atoms with Crippen LogP contribution in [-0.2, 0) is 0 Å². The van der Waals surface area contributed by atoms with Gasteiger partial charge in [0.1, 0.15) is 18.0 Å². The molecule has 34 heavy (non-hydrogen) atoms. The molecular formula is C27H34FN3O3. The standard InChI is InChI=1S/C27H34FN3O3/c1-7-22(19-11-8-10-18(2)14-19)29-25(32)23-16-24(34-17-27(6,33)26(3,4)5)31(30-23)21-13-9-12-20(28)15-21/h8-16,22,33H,7,17H2,1-6H3,(H,29,32)/t22-,27-/m0/s1. The molecule has 6 nitrogen and oxygen atoms in total. The lowest BCUT2D eigenvalue weighted by Gasteiger charge is -2.36. The number of benzene rings is 2. The number of carbonyl (C=O) groups excluding carboxylic acids is 1. The van der Waals surface area contributed by atoms with Crippen molar-refractivity contribution in [2.24, 2.45) is 5.41 Å². The van der Waals surface area contributed by atoms with E-state index in [4.69, 9.17) is 4.74 Å². The van der Waals surface area contributed by atoms with E-state index in [1.54, 1.807) is 19.1 Å². The molecule has 1 amide bonds. The van der Waals surface area contributed by atoms with E-state index in [1.165, 1.54) is 22.9 Å². The minimum absolute atomic E-state index is 0.0283.